The van der Waals surface area contributed by atoms with Crippen LogP contribution in [0.3, 0.4) is 0 Å². The van der Waals surface area contributed by atoms with Gasteiger partial charge in [-0.25, -0.2) is 4.79 Å². The van der Waals surface area contributed by atoms with Gasteiger partial charge in [-0.2, -0.15) is 0 Å². The van der Waals surface area contributed by atoms with E-state index in [0.29, 0.717) is 12.2 Å². The number of nitrogens with zero attached hydrogens (tertiary/aromatic N) is 2. The average Bonchev–Trinajstić information content (AvgIpc) is 2.99. The molecular weight excluding hydrogens is 332 g/mol. The van der Waals surface area contributed by atoms with Gasteiger partial charge in [-0.3, -0.25) is 9.69 Å². The summed E-state index contributed by atoms with van der Waals surface area (Å²) in [6.45, 7) is 9.18. The molecule has 7 heteroatoms. The van der Waals surface area contributed by atoms with Crippen LogP contribution in [0.15, 0.2) is 18.2 Å². The fraction of sp³-hybridized carbons (Fsp3) is 0.474. The van der Waals surface area contributed by atoms with Gasteiger partial charge in [-0.05, 0) is 25.1 Å². The molecule has 1 aromatic heterocycles. The number of anilines is 1. The van der Waals surface area contributed by atoms with Crippen molar-refractivity contribution >= 4 is 28.5 Å². The Morgan fingerprint density at radius 2 is 1.88 bits per heavy atom. The lowest BCUT2D eigenvalue weighted by atomic mass is 10.1. The second-order valence-electron chi connectivity index (χ2n) is 6.67. The maximum atomic E-state index is 12.6. The van der Waals surface area contributed by atoms with Crippen LogP contribution in [0.5, 0.6) is 0 Å². The van der Waals surface area contributed by atoms with Gasteiger partial charge < -0.3 is 19.9 Å². The lowest BCUT2D eigenvalue weighted by Gasteiger charge is -2.33. The quantitative estimate of drug-likeness (QED) is 0.798. The Hall–Kier alpha value is -2.38. The molecule has 7 nitrogen and oxygen atoms in total. The molecule has 140 valence electrons. The van der Waals surface area contributed by atoms with Gasteiger partial charge in [0.05, 0.1) is 19.3 Å². The lowest BCUT2D eigenvalue weighted by molar-refractivity contribution is -0.117. The molecule has 0 bridgehead atoms. The van der Waals surface area contributed by atoms with E-state index in [1.807, 2.05) is 25.1 Å². The standard InChI is InChI=1S/C19H26N4O3/c1-4-22-7-9-23(10-8-22)12-16(24)21-17-14-6-5-13(2)11-15(14)20-18(17)19(25)26-3/h5-6,11,20H,4,7-10,12H2,1-3H3,(H,21,24). The van der Waals surface area contributed by atoms with E-state index >= 15 is 0 Å². The highest BCUT2D eigenvalue weighted by molar-refractivity contribution is 6.11. The number of carbonyl (C=O) groups excluding carboxylic acids is 2. The fourth-order valence-electron chi connectivity index (χ4n) is 3.34. The van der Waals surface area contributed by atoms with E-state index in [2.05, 4.69) is 27.0 Å². The minimum atomic E-state index is -0.495. The number of hydrogen-bond donors (Lipinski definition) is 2. The highest BCUT2D eigenvalue weighted by atomic mass is 16.5. The van der Waals surface area contributed by atoms with Crippen LogP contribution in [-0.2, 0) is 9.53 Å². The van der Waals surface area contributed by atoms with Crippen molar-refractivity contribution in [2.75, 3.05) is 51.7 Å². The van der Waals surface area contributed by atoms with E-state index < -0.39 is 5.97 Å². The Kier molecular flexibility index (Phi) is 5.58. The van der Waals surface area contributed by atoms with Crippen molar-refractivity contribution in [3.05, 3.63) is 29.5 Å². The van der Waals surface area contributed by atoms with Crippen molar-refractivity contribution in [3.8, 4) is 0 Å². The number of piperazine rings is 1. The number of esters is 1. The van der Waals surface area contributed by atoms with Crippen LogP contribution in [0.25, 0.3) is 10.9 Å². The number of ether oxygens (including phenoxy) is 1. The van der Waals surface area contributed by atoms with E-state index in [9.17, 15) is 9.59 Å². The Morgan fingerprint density at radius 3 is 2.54 bits per heavy atom. The topological polar surface area (TPSA) is 77.7 Å². The second kappa shape index (κ2) is 7.88. The van der Waals surface area contributed by atoms with Crippen LogP contribution in [-0.4, -0.2) is 73.0 Å². The molecule has 1 fully saturated rings. The number of amides is 1. The molecule has 0 aliphatic carbocycles. The minimum Gasteiger partial charge on any atom is -0.464 e. The number of rotatable bonds is 5. The van der Waals surface area contributed by atoms with Crippen LogP contribution in [0.4, 0.5) is 5.69 Å². The smallest absolute Gasteiger partial charge is 0.356 e. The summed E-state index contributed by atoms with van der Waals surface area (Å²) in [5, 5.41) is 3.72. The summed E-state index contributed by atoms with van der Waals surface area (Å²) in [4.78, 5) is 32.3. The summed E-state index contributed by atoms with van der Waals surface area (Å²) in [5.74, 6) is -0.618. The van der Waals surface area contributed by atoms with Crippen molar-refractivity contribution in [1.29, 1.82) is 0 Å². The molecule has 1 saturated heterocycles. The maximum Gasteiger partial charge on any atom is 0.356 e. The van der Waals surface area contributed by atoms with E-state index in [0.717, 1.165) is 49.2 Å². The molecule has 0 atom stereocenters. The number of nitrogens with one attached hydrogen (secondary N) is 2. The number of aryl methyl sites for hydroxylation is 1. The van der Waals surface area contributed by atoms with Crippen LogP contribution in [0.1, 0.15) is 23.0 Å². The Bertz CT molecular complexity index is 806. The predicted molar refractivity (Wildman–Crippen MR) is 102 cm³/mol. The zero-order valence-electron chi connectivity index (χ0n) is 15.6. The van der Waals surface area contributed by atoms with Crippen LogP contribution < -0.4 is 5.32 Å². The number of H-pyrrole nitrogens is 1. The van der Waals surface area contributed by atoms with E-state index in [4.69, 9.17) is 4.74 Å². The van der Waals surface area contributed by atoms with Gasteiger partial charge in [0, 0.05) is 37.1 Å². The minimum absolute atomic E-state index is 0.124. The number of fused-ring (bicyclic) bond motifs is 1. The number of benzene rings is 1. The zero-order chi connectivity index (χ0) is 18.7. The summed E-state index contributed by atoms with van der Waals surface area (Å²) in [6, 6.07) is 5.81. The van der Waals surface area contributed by atoms with Gasteiger partial charge in [0.1, 0.15) is 5.69 Å². The van der Waals surface area contributed by atoms with Gasteiger partial charge in [0.15, 0.2) is 0 Å². The second-order valence-corrected chi connectivity index (χ2v) is 6.67. The fourth-order valence-corrected chi connectivity index (χ4v) is 3.34. The van der Waals surface area contributed by atoms with Gasteiger partial charge in [-0.1, -0.05) is 19.1 Å². The summed E-state index contributed by atoms with van der Waals surface area (Å²) in [7, 11) is 1.33. The van der Waals surface area contributed by atoms with Crippen molar-refractivity contribution in [3.63, 3.8) is 0 Å². The number of hydrogen-bond acceptors (Lipinski definition) is 5. The third-order valence-corrected chi connectivity index (χ3v) is 4.89. The van der Waals surface area contributed by atoms with Crippen LogP contribution in [0, 0.1) is 6.92 Å². The zero-order valence-corrected chi connectivity index (χ0v) is 15.6. The highest BCUT2D eigenvalue weighted by Crippen LogP contribution is 2.29. The van der Waals surface area contributed by atoms with Crippen molar-refractivity contribution in [1.82, 2.24) is 14.8 Å². The van der Waals surface area contributed by atoms with E-state index in [1.54, 1.807) is 0 Å². The molecular formula is C19H26N4O3. The first-order valence-corrected chi connectivity index (χ1v) is 8.97. The van der Waals surface area contributed by atoms with Gasteiger partial charge in [-0.15, -0.1) is 0 Å². The molecule has 2 N–H and O–H groups in total. The number of aromatic amines is 1. The molecule has 1 aliphatic heterocycles. The first-order valence-electron chi connectivity index (χ1n) is 8.97. The van der Waals surface area contributed by atoms with Crippen molar-refractivity contribution in [2.45, 2.75) is 13.8 Å². The third kappa shape index (κ3) is 3.89. The van der Waals surface area contributed by atoms with E-state index in [-0.39, 0.29) is 11.6 Å². The largest absolute Gasteiger partial charge is 0.464 e. The van der Waals surface area contributed by atoms with Crippen LogP contribution >= 0.6 is 0 Å². The number of likely N-dealkylation sites (N-methyl/N-ethyl adjacent to an activating group) is 1. The monoisotopic (exact) mass is 358 g/mol. The molecule has 2 heterocycles. The Morgan fingerprint density at radius 1 is 1.19 bits per heavy atom. The van der Waals surface area contributed by atoms with Crippen molar-refractivity contribution < 1.29 is 14.3 Å². The normalized spacial score (nSPS) is 16.0. The van der Waals surface area contributed by atoms with Gasteiger partial charge in [0.2, 0.25) is 5.91 Å². The SMILES string of the molecule is CCN1CCN(CC(=O)Nc2c(C(=O)OC)[nH]c3cc(C)ccc23)CC1. The lowest BCUT2D eigenvalue weighted by Crippen LogP contribution is -2.48. The highest BCUT2D eigenvalue weighted by Gasteiger charge is 2.22. The summed E-state index contributed by atoms with van der Waals surface area (Å²) >= 11 is 0. The first kappa shape index (κ1) is 18.4. The molecule has 0 saturated carbocycles. The summed E-state index contributed by atoms with van der Waals surface area (Å²) in [6.07, 6.45) is 0. The maximum absolute atomic E-state index is 12.6. The Balaban J connectivity index is 1.77. The third-order valence-electron chi connectivity index (χ3n) is 4.89. The average molecular weight is 358 g/mol. The number of methoxy groups -OCH3 is 1. The molecule has 0 spiro atoms. The molecule has 26 heavy (non-hydrogen) atoms. The van der Waals surface area contributed by atoms with Crippen LogP contribution in [0.2, 0.25) is 0 Å². The first-order chi connectivity index (χ1) is 12.5. The Labute approximate surface area is 153 Å². The number of aromatic nitrogens is 1. The van der Waals surface area contributed by atoms with E-state index in [1.165, 1.54) is 7.11 Å². The molecule has 2 aromatic rings. The molecule has 0 radical (unpaired) electrons. The summed E-state index contributed by atoms with van der Waals surface area (Å²) < 4.78 is 4.85. The summed E-state index contributed by atoms with van der Waals surface area (Å²) in [5.41, 5.74) is 2.64. The molecule has 0 unspecified atom stereocenters. The molecule has 1 aliphatic rings. The molecule has 1 amide bonds. The van der Waals surface area contributed by atoms with Gasteiger partial charge in [0.25, 0.3) is 0 Å². The predicted octanol–water partition coefficient (Wildman–Crippen LogP) is 1.84. The molecule has 1 aromatic carbocycles. The molecule has 3 rings (SSSR count). The number of carbonyl (C=O) groups is 2. The van der Waals surface area contributed by atoms with Crippen molar-refractivity contribution in [2.24, 2.45) is 0 Å². The van der Waals surface area contributed by atoms with Gasteiger partial charge >= 0.3 is 5.97 Å².